The van der Waals surface area contributed by atoms with Crippen LogP contribution in [0.1, 0.15) is 41.0 Å². The number of rotatable bonds is 3. The van der Waals surface area contributed by atoms with E-state index in [1.165, 1.54) is 0 Å². The number of aliphatic hydroxyl groups is 1. The zero-order valence-corrected chi connectivity index (χ0v) is 10.3. The number of carbonyl (C=O) groups excluding carboxylic acids is 1. The molecule has 1 aliphatic rings. The maximum Gasteiger partial charge on any atom is 0.310 e. The van der Waals surface area contributed by atoms with Gasteiger partial charge in [0, 0.05) is 6.61 Å². The van der Waals surface area contributed by atoms with Crippen molar-refractivity contribution in [3.63, 3.8) is 0 Å². The van der Waals surface area contributed by atoms with Gasteiger partial charge in [0.1, 0.15) is 5.60 Å². The molecule has 0 amide bonds. The maximum atomic E-state index is 11.8. The molecule has 0 aliphatic heterocycles. The Balaban J connectivity index is 2.56. The van der Waals surface area contributed by atoms with Gasteiger partial charge in [0.25, 0.3) is 0 Å². The third kappa shape index (κ3) is 2.71. The normalized spacial score (nSPS) is 25.1. The van der Waals surface area contributed by atoms with Crippen molar-refractivity contribution in [2.75, 3.05) is 6.61 Å². The van der Waals surface area contributed by atoms with Crippen LogP contribution in [-0.4, -0.2) is 23.3 Å². The first-order valence-corrected chi connectivity index (χ1v) is 5.40. The molecule has 0 saturated heterocycles. The summed E-state index contributed by atoms with van der Waals surface area (Å²) < 4.78 is 5.33. The topological polar surface area (TPSA) is 46.5 Å². The van der Waals surface area contributed by atoms with Crippen molar-refractivity contribution in [1.29, 1.82) is 0 Å². The van der Waals surface area contributed by atoms with Crippen molar-refractivity contribution >= 4 is 5.97 Å². The van der Waals surface area contributed by atoms with Crippen LogP contribution >= 0.6 is 0 Å². The highest BCUT2D eigenvalue weighted by Crippen LogP contribution is 2.62. The third-order valence-corrected chi connectivity index (χ3v) is 2.84. The first kappa shape index (κ1) is 12.5. The summed E-state index contributed by atoms with van der Waals surface area (Å²) in [5, 5.41) is 8.87. The Bertz CT molecular complexity index is 250. The van der Waals surface area contributed by atoms with Gasteiger partial charge in [-0.15, -0.1) is 0 Å². The van der Waals surface area contributed by atoms with Crippen LogP contribution < -0.4 is 0 Å². The number of ether oxygens (including phenoxy) is 1. The minimum absolute atomic E-state index is 0.0922. The van der Waals surface area contributed by atoms with Crippen LogP contribution in [0.15, 0.2) is 0 Å². The van der Waals surface area contributed by atoms with Gasteiger partial charge in [-0.2, -0.15) is 0 Å². The fourth-order valence-corrected chi connectivity index (χ4v) is 2.02. The monoisotopic (exact) mass is 213 g/mol. The van der Waals surface area contributed by atoms with Gasteiger partial charge < -0.3 is 9.84 Å². The van der Waals surface area contributed by atoms with Crippen molar-refractivity contribution in [1.82, 2.24) is 0 Å². The summed E-state index contributed by atoms with van der Waals surface area (Å²) in [6.45, 7) is 9.75. The molecule has 1 N–H and O–H groups in total. The summed E-state index contributed by atoms with van der Waals surface area (Å²) in [6, 6.07) is 0. The molecule has 1 radical (unpaired) electrons. The van der Waals surface area contributed by atoms with Gasteiger partial charge in [0.2, 0.25) is 0 Å². The highest BCUT2D eigenvalue weighted by molar-refractivity contribution is 5.82. The third-order valence-electron chi connectivity index (χ3n) is 2.84. The average molecular weight is 213 g/mol. The molecule has 15 heavy (non-hydrogen) atoms. The molecule has 1 atom stereocenters. The molecule has 1 fully saturated rings. The van der Waals surface area contributed by atoms with Gasteiger partial charge >= 0.3 is 5.97 Å². The van der Waals surface area contributed by atoms with Crippen molar-refractivity contribution in [2.45, 2.75) is 46.6 Å². The lowest BCUT2D eigenvalue weighted by Crippen LogP contribution is -2.26. The van der Waals surface area contributed by atoms with Gasteiger partial charge in [0.05, 0.1) is 5.92 Å². The van der Waals surface area contributed by atoms with E-state index in [9.17, 15) is 4.79 Å². The fraction of sp³-hybridized carbons (Fsp3) is 0.833. The van der Waals surface area contributed by atoms with E-state index in [1.54, 1.807) is 0 Å². The van der Waals surface area contributed by atoms with Crippen LogP contribution in [0.4, 0.5) is 0 Å². The predicted octanol–water partition coefficient (Wildman–Crippen LogP) is 1.94. The Kier molecular flexibility index (Phi) is 3.15. The molecule has 0 spiro atoms. The Hall–Kier alpha value is -0.570. The van der Waals surface area contributed by atoms with Crippen molar-refractivity contribution in [3.8, 4) is 0 Å². The Morgan fingerprint density at radius 2 is 2.00 bits per heavy atom. The van der Waals surface area contributed by atoms with E-state index in [0.29, 0.717) is 6.42 Å². The quantitative estimate of drug-likeness (QED) is 0.729. The van der Waals surface area contributed by atoms with Gasteiger partial charge in [-0.25, -0.2) is 0 Å². The first-order chi connectivity index (χ1) is 6.70. The number of hydrogen-bond acceptors (Lipinski definition) is 3. The minimum atomic E-state index is -0.430. The van der Waals surface area contributed by atoms with E-state index < -0.39 is 5.60 Å². The van der Waals surface area contributed by atoms with E-state index >= 15 is 0 Å². The van der Waals surface area contributed by atoms with Gasteiger partial charge in [-0.3, -0.25) is 4.79 Å². The summed E-state index contributed by atoms with van der Waals surface area (Å²) in [4.78, 5) is 11.8. The molecule has 0 bridgehead atoms. The fourth-order valence-electron chi connectivity index (χ4n) is 2.02. The van der Waals surface area contributed by atoms with Crippen LogP contribution in [0, 0.1) is 17.3 Å². The van der Waals surface area contributed by atoms with Gasteiger partial charge in [-0.05, 0) is 38.5 Å². The van der Waals surface area contributed by atoms with E-state index in [4.69, 9.17) is 9.84 Å². The number of hydrogen-bond donors (Lipinski definition) is 1. The first-order valence-electron chi connectivity index (χ1n) is 5.40. The molecule has 0 aromatic rings. The maximum absolute atomic E-state index is 11.8. The molecule has 1 aliphatic carbocycles. The van der Waals surface area contributed by atoms with Crippen molar-refractivity contribution in [2.24, 2.45) is 11.3 Å². The molecule has 0 unspecified atom stereocenters. The molecule has 1 rings (SSSR count). The van der Waals surface area contributed by atoms with E-state index in [0.717, 1.165) is 5.92 Å². The lowest BCUT2D eigenvalue weighted by molar-refractivity contribution is -0.157. The lowest BCUT2D eigenvalue weighted by atomic mass is 10.1. The zero-order chi connectivity index (χ0) is 11.9. The second-order valence-electron chi connectivity index (χ2n) is 5.69. The number of aliphatic hydroxyl groups excluding tert-OH is 1. The van der Waals surface area contributed by atoms with Crippen LogP contribution in [0.25, 0.3) is 0 Å². The van der Waals surface area contributed by atoms with E-state index in [2.05, 4.69) is 0 Å². The van der Waals surface area contributed by atoms with Gasteiger partial charge in [-0.1, -0.05) is 13.8 Å². The molecule has 3 heteroatoms. The number of carbonyl (C=O) groups is 1. The Morgan fingerprint density at radius 1 is 1.47 bits per heavy atom. The highest BCUT2D eigenvalue weighted by atomic mass is 16.6. The SMILES string of the molecule is CC(C)(C)OC(=O)[C@H]1[C](CCO)C1(C)C. The van der Waals surface area contributed by atoms with Crippen LogP contribution in [-0.2, 0) is 9.53 Å². The van der Waals surface area contributed by atoms with Crippen LogP contribution in [0.2, 0.25) is 0 Å². The smallest absolute Gasteiger partial charge is 0.310 e. The van der Waals surface area contributed by atoms with Crippen LogP contribution in [0.5, 0.6) is 0 Å². The van der Waals surface area contributed by atoms with Crippen LogP contribution in [0.3, 0.4) is 0 Å². The second-order valence-corrected chi connectivity index (χ2v) is 5.69. The highest BCUT2D eigenvalue weighted by Gasteiger charge is 2.62. The molecule has 87 valence electrons. The van der Waals surface area contributed by atoms with Crippen molar-refractivity contribution < 1.29 is 14.6 Å². The minimum Gasteiger partial charge on any atom is -0.460 e. The molecule has 0 aromatic carbocycles. The lowest BCUT2D eigenvalue weighted by Gasteiger charge is -2.20. The molecular weight excluding hydrogens is 192 g/mol. The number of esters is 1. The summed E-state index contributed by atoms with van der Waals surface area (Å²) in [7, 11) is 0. The second kappa shape index (κ2) is 3.78. The Labute approximate surface area is 91.8 Å². The molecular formula is C12H21O3. The summed E-state index contributed by atoms with van der Waals surface area (Å²) in [5.74, 6) is 0.832. The Morgan fingerprint density at radius 3 is 2.40 bits per heavy atom. The molecule has 3 nitrogen and oxygen atoms in total. The van der Waals surface area contributed by atoms with Crippen molar-refractivity contribution in [3.05, 3.63) is 5.92 Å². The molecule has 0 aromatic heterocycles. The summed E-state index contributed by atoms with van der Waals surface area (Å²) in [6.07, 6.45) is 0.608. The van der Waals surface area contributed by atoms with Gasteiger partial charge in [0.15, 0.2) is 0 Å². The zero-order valence-electron chi connectivity index (χ0n) is 10.3. The summed E-state index contributed by atoms with van der Waals surface area (Å²) >= 11 is 0. The van der Waals surface area contributed by atoms with E-state index in [-0.39, 0.29) is 23.9 Å². The largest absolute Gasteiger partial charge is 0.460 e. The molecule has 0 heterocycles. The van der Waals surface area contributed by atoms with E-state index in [1.807, 2.05) is 34.6 Å². The predicted molar refractivity (Wildman–Crippen MR) is 58.1 cm³/mol. The summed E-state index contributed by atoms with van der Waals surface area (Å²) in [5.41, 5.74) is -0.523. The standard InChI is InChI=1S/C12H21O3/c1-11(2,3)15-10(14)9-8(6-7-13)12(9,4)5/h9,13H,6-7H2,1-5H3/t9-/m1/s1. The molecule has 1 saturated carbocycles. The average Bonchev–Trinajstić information content (AvgIpc) is 2.50.